The number of hydrogen-bond donors (Lipinski definition) is 0. The molecule has 0 atom stereocenters. The van der Waals surface area contributed by atoms with Crippen molar-refractivity contribution in [2.24, 2.45) is 0 Å². The maximum atomic E-state index is 12.6. The summed E-state index contributed by atoms with van der Waals surface area (Å²) in [6.07, 6.45) is -3.68. The quantitative estimate of drug-likeness (QED) is 0.764. The van der Waals surface area contributed by atoms with Crippen LogP contribution in [0.4, 0.5) is 17.6 Å². The van der Waals surface area contributed by atoms with Crippen molar-refractivity contribution in [3.8, 4) is 17.0 Å². The van der Waals surface area contributed by atoms with E-state index >= 15 is 0 Å². The zero-order chi connectivity index (χ0) is 13.2. The maximum absolute atomic E-state index is 12.6. The van der Waals surface area contributed by atoms with E-state index in [1.807, 2.05) is 0 Å². The lowest BCUT2D eigenvalue weighted by atomic mass is 10.1. The van der Waals surface area contributed by atoms with Gasteiger partial charge in [-0.15, -0.1) is 13.2 Å². The van der Waals surface area contributed by atoms with Gasteiger partial charge in [-0.3, -0.25) is 4.98 Å². The number of pyridine rings is 1. The molecule has 0 aliphatic heterocycles. The number of halogens is 4. The van der Waals surface area contributed by atoms with Gasteiger partial charge in [-0.1, -0.05) is 0 Å². The van der Waals surface area contributed by atoms with E-state index in [-0.39, 0.29) is 5.75 Å². The molecule has 6 heteroatoms. The third-order valence-corrected chi connectivity index (χ3v) is 2.11. The van der Waals surface area contributed by atoms with Crippen molar-refractivity contribution in [3.63, 3.8) is 0 Å². The normalized spacial score (nSPS) is 11.3. The van der Waals surface area contributed by atoms with Crippen LogP contribution in [0.15, 0.2) is 42.6 Å². The van der Waals surface area contributed by atoms with Crippen molar-refractivity contribution >= 4 is 0 Å². The molecule has 0 radical (unpaired) electrons. The number of benzene rings is 1. The predicted octanol–water partition coefficient (Wildman–Crippen LogP) is 3.79. The van der Waals surface area contributed by atoms with Gasteiger partial charge in [-0.25, -0.2) is 4.39 Å². The second-order valence-electron chi connectivity index (χ2n) is 3.43. The van der Waals surface area contributed by atoms with Crippen molar-refractivity contribution in [2.75, 3.05) is 0 Å². The summed E-state index contributed by atoms with van der Waals surface area (Å²) in [6, 6.07) is 7.85. The monoisotopic (exact) mass is 257 g/mol. The van der Waals surface area contributed by atoms with Crippen LogP contribution in [-0.2, 0) is 0 Å². The number of alkyl halides is 3. The molecule has 0 N–H and O–H groups in total. The molecule has 1 aromatic heterocycles. The van der Waals surface area contributed by atoms with E-state index in [0.717, 1.165) is 6.20 Å². The van der Waals surface area contributed by atoms with Crippen LogP contribution < -0.4 is 4.74 Å². The van der Waals surface area contributed by atoms with Gasteiger partial charge in [0, 0.05) is 5.56 Å². The minimum atomic E-state index is -4.71. The van der Waals surface area contributed by atoms with Crippen LogP contribution >= 0.6 is 0 Å². The third-order valence-electron chi connectivity index (χ3n) is 2.11. The van der Waals surface area contributed by atoms with E-state index in [4.69, 9.17) is 0 Å². The number of hydrogen-bond acceptors (Lipinski definition) is 2. The highest BCUT2D eigenvalue weighted by Gasteiger charge is 2.30. The van der Waals surface area contributed by atoms with Crippen molar-refractivity contribution in [1.82, 2.24) is 4.98 Å². The lowest BCUT2D eigenvalue weighted by Crippen LogP contribution is -2.16. The summed E-state index contributed by atoms with van der Waals surface area (Å²) < 4.78 is 52.2. The lowest BCUT2D eigenvalue weighted by molar-refractivity contribution is -0.274. The molecule has 18 heavy (non-hydrogen) atoms. The van der Waals surface area contributed by atoms with E-state index in [9.17, 15) is 17.6 Å². The summed E-state index contributed by atoms with van der Waals surface area (Å²) in [5, 5.41) is 0. The Kier molecular flexibility index (Phi) is 3.18. The zero-order valence-electron chi connectivity index (χ0n) is 8.91. The number of rotatable bonds is 2. The highest BCUT2D eigenvalue weighted by Crippen LogP contribution is 2.25. The first kappa shape index (κ1) is 12.3. The van der Waals surface area contributed by atoms with E-state index in [1.54, 1.807) is 0 Å². The molecule has 0 fully saturated rings. The molecule has 2 rings (SSSR count). The average Bonchev–Trinajstić information content (AvgIpc) is 2.29. The standard InChI is InChI=1S/C12H7F4NO/c13-9-3-6-11(17-7-9)8-1-4-10(5-2-8)18-12(14,15)16/h1-7H. The minimum absolute atomic E-state index is 0.312. The van der Waals surface area contributed by atoms with E-state index in [2.05, 4.69) is 9.72 Å². The molecule has 0 amide bonds. The first-order valence-corrected chi connectivity index (χ1v) is 4.92. The van der Waals surface area contributed by atoms with Crippen molar-refractivity contribution < 1.29 is 22.3 Å². The molecule has 1 heterocycles. The summed E-state index contributed by atoms with van der Waals surface area (Å²) in [5.41, 5.74) is 1.04. The molecule has 0 saturated carbocycles. The largest absolute Gasteiger partial charge is 0.573 e. The Morgan fingerprint density at radius 3 is 2.11 bits per heavy atom. The highest BCUT2D eigenvalue weighted by molar-refractivity contribution is 5.59. The smallest absolute Gasteiger partial charge is 0.406 e. The zero-order valence-corrected chi connectivity index (χ0v) is 8.91. The molecule has 1 aromatic carbocycles. The SMILES string of the molecule is Fc1ccc(-c2ccc(OC(F)(F)F)cc2)nc1. The van der Waals surface area contributed by atoms with Gasteiger partial charge in [0.1, 0.15) is 11.6 Å². The van der Waals surface area contributed by atoms with Crippen LogP contribution in [0.25, 0.3) is 11.3 Å². The van der Waals surface area contributed by atoms with Crippen LogP contribution in [0.1, 0.15) is 0 Å². The second kappa shape index (κ2) is 4.64. The number of nitrogens with zero attached hydrogens (tertiary/aromatic N) is 1. The Morgan fingerprint density at radius 2 is 1.61 bits per heavy atom. The van der Waals surface area contributed by atoms with Crippen LogP contribution in [0.3, 0.4) is 0 Å². The molecular formula is C12H7F4NO. The molecule has 2 nitrogen and oxygen atoms in total. The molecule has 0 saturated heterocycles. The molecule has 0 spiro atoms. The van der Waals surface area contributed by atoms with Crippen LogP contribution in [-0.4, -0.2) is 11.3 Å². The van der Waals surface area contributed by atoms with Crippen LogP contribution in [0.5, 0.6) is 5.75 Å². The van der Waals surface area contributed by atoms with Gasteiger partial charge >= 0.3 is 6.36 Å². The van der Waals surface area contributed by atoms with Gasteiger partial charge in [0.05, 0.1) is 11.9 Å². The maximum Gasteiger partial charge on any atom is 0.573 e. The fourth-order valence-electron chi connectivity index (χ4n) is 1.37. The Bertz CT molecular complexity index is 519. The Balaban J connectivity index is 2.20. The second-order valence-corrected chi connectivity index (χ2v) is 3.43. The van der Waals surface area contributed by atoms with Crippen molar-refractivity contribution in [2.45, 2.75) is 6.36 Å². The fourth-order valence-corrected chi connectivity index (χ4v) is 1.37. The molecule has 2 aromatic rings. The van der Waals surface area contributed by atoms with E-state index in [0.29, 0.717) is 11.3 Å². The predicted molar refractivity (Wildman–Crippen MR) is 56.3 cm³/mol. The van der Waals surface area contributed by atoms with Crippen molar-refractivity contribution in [1.29, 1.82) is 0 Å². The topological polar surface area (TPSA) is 22.1 Å². The summed E-state index contributed by atoms with van der Waals surface area (Å²) in [6.45, 7) is 0. The van der Waals surface area contributed by atoms with Crippen molar-refractivity contribution in [3.05, 3.63) is 48.4 Å². The first-order valence-electron chi connectivity index (χ1n) is 4.92. The Labute approximate surface area is 99.8 Å². The number of aromatic nitrogens is 1. The minimum Gasteiger partial charge on any atom is -0.406 e. The van der Waals surface area contributed by atoms with Gasteiger partial charge < -0.3 is 4.74 Å². The summed E-state index contributed by atoms with van der Waals surface area (Å²) in [5.74, 6) is -0.788. The van der Waals surface area contributed by atoms with Gasteiger partial charge in [0.25, 0.3) is 0 Å². The van der Waals surface area contributed by atoms with Crippen LogP contribution in [0.2, 0.25) is 0 Å². The lowest BCUT2D eigenvalue weighted by Gasteiger charge is -2.09. The van der Waals surface area contributed by atoms with Gasteiger partial charge in [0.15, 0.2) is 0 Å². The number of ether oxygens (including phenoxy) is 1. The van der Waals surface area contributed by atoms with Crippen LogP contribution in [0, 0.1) is 5.82 Å². The van der Waals surface area contributed by atoms with E-state index < -0.39 is 12.2 Å². The van der Waals surface area contributed by atoms with Gasteiger partial charge in [-0.2, -0.15) is 0 Å². The Morgan fingerprint density at radius 1 is 0.944 bits per heavy atom. The van der Waals surface area contributed by atoms with Gasteiger partial charge in [-0.05, 0) is 36.4 Å². The first-order chi connectivity index (χ1) is 8.44. The molecule has 0 unspecified atom stereocenters. The molecule has 0 aliphatic rings. The molecular weight excluding hydrogens is 250 g/mol. The fraction of sp³-hybridized carbons (Fsp3) is 0.0833. The summed E-state index contributed by atoms with van der Waals surface area (Å²) in [7, 11) is 0. The summed E-state index contributed by atoms with van der Waals surface area (Å²) >= 11 is 0. The van der Waals surface area contributed by atoms with Gasteiger partial charge in [0.2, 0.25) is 0 Å². The Hall–Kier alpha value is -2.11. The third kappa shape index (κ3) is 3.19. The molecule has 0 aliphatic carbocycles. The molecule has 0 bridgehead atoms. The van der Waals surface area contributed by atoms with E-state index in [1.165, 1.54) is 36.4 Å². The highest BCUT2D eigenvalue weighted by atomic mass is 19.4. The average molecular weight is 257 g/mol. The molecule has 94 valence electrons. The summed E-state index contributed by atoms with van der Waals surface area (Å²) in [4.78, 5) is 3.81.